The first kappa shape index (κ1) is 18.1. The van der Waals surface area contributed by atoms with Crippen LogP contribution in [0.5, 0.6) is 0 Å². The second kappa shape index (κ2) is 7.12. The molecule has 148 valence electrons. The zero-order valence-corrected chi connectivity index (χ0v) is 16.3. The second-order valence-electron chi connectivity index (χ2n) is 8.26. The van der Waals surface area contributed by atoms with Crippen molar-refractivity contribution < 1.29 is 4.79 Å². The Labute approximate surface area is 170 Å². The van der Waals surface area contributed by atoms with Gasteiger partial charge in [0.05, 0.1) is 23.3 Å². The summed E-state index contributed by atoms with van der Waals surface area (Å²) in [5.41, 5.74) is 1.48. The Bertz CT molecular complexity index is 920. The molecular formula is C22H24N6O. The number of hydrogen-bond donors (Lipinski definition) is 1. The monoisotopic (exact) mass is 388 g/mol. The number of rotatable bonds is 5. The number of piperazine rings is 1. The molecule has 7 heteroatoms. The van der Waals surface area contributed by atoms with Crippen LogP contribution in [0.1, 0.15) is 36.9 Å². The molecule has 5 rings (SSSR count). The highest BCUT2D eigenvalue weighted by Gasteiger charge is 2.46. The predicted molar refractivity (Wildman–Crippen MR) is 108 cm³/mol. The molecule has 1 saturated carbocycles. The van der Waals surface area contributed by atoms with Gasteiger partial charge in [0.25, 0.3) is 0 Å². The third-order valence-corrected chi connectivity index (χ3v) is 6.46. The van der Waals surface area contributed by atoms with Gasteiger partial charge in [-0.25, -0.2) is 4.98 Å². The van der Waals surface area contributed by atoms with Crippen molar-refractivity contribution in [1.29, 1.82) is 5.26 Å². The summed E-state index contributed by atoms with van der Waals surface area (Å²) in [6, 6.07) is 12.4. The number of hydrogen-bond acceptors (Lipinski definition) is 6. The number of nitriles is 1. The van der Waals surface area contributed by atoms with Gasteiger partial charge in [-0.2, -0.15) is 5.26 Å². The highest BCUT2D eigenvalue weighted by atomic mass is 16.2. The molecule has 1 N–H and O–H groups in total. The number of nitrogens with one attached hydrogen (secondary N) is 1. The van der Waals surface area contributed by atoms with E-state index in [0.29, 0.717) is 24.2 Å². The van der Waals surface area contributed by atoms with Gasteiger partial charge in [-0.3, -0.25) is 15.1 Å². The minimum atomic E-state index is -0.121. The standard InChI is InChI=1S/C22H24N6O/c23-11-16-4-7-20(25-12-16)28-17-5-6-18(28)15-27(14-17)21(29)13-26-22(8-9-22)19-3-1-2-10-24-19/h1-4,7,10,12,17-18,26H,5-6,8-9,13-15H2. The normalized spacial score (nSPS) is 24.2. The fourth-order valence-corrected chi connectivity index (χ4v) is 4.74. The van der Waals surface area contributed by atoms with Crippen LogP contribution in [-0.4, -0.2) is 52.5 Å². The van der Waals surface area contributed by atoms with Crippen molar-refractivity contribution in [1.82, 2.24) is 20.2 Å². The van der Waals surface area contributed by atoms with Crippen molar-refractivity contribution in [2.75, 3.05) is 24.5 Å². The maximum atomic E-state index is 12.9. The lowest BCUT2D eigenvalue weighted by atomic mass is 10.1. The van der Waals surface area contributed by atoms with Crippen LogP contribution in [0.25, 0.3) is 0 Å². The summed E-state index contributed by atoms with van der Waals surface area (Å²) in [5, 5.41) is 12.5. The van der Waals surface area contributed by atoms with Gasteiger partial charge in [0.15, 0.2) is 0 Å². The summed E-state index contributed by atoms with van der Waals surface area (Å²) < 4.78 is 0. The molecular weight excluding hydrogens is 364 g/mol. The maximum Gasteiger partial charge on any atom is 0.236 e. The van der Waals surface area contributed by atoms with E-state index in [4.69, 9.17) is 5.26 Å². The Morgan fingerprint density at radius 2 is 1.97 bits per heavy atom. The van der Waals surface area contributed by atoms with Gasteiger partial charge in [0, 0.05) is 37.6 Å². The van der Waals surface area contributed by atoms with Crippen LogP contribution in [0.15, 0.2) is 42.7 Å². The Morgan fingerprint density at radius 3 is 2.55 bits per heavy atom. The Balaban J connectivity index is 1.22. The summed E-state index contributed by atoms with van der Waals surface area (Å²) in [6.45, 7) is 1.82. The lowest BCUT2D eigenvalue weighted by Crippen LogP contribution is -2.57. The van der Waals surface area contributed by atoms with Crippen molar-refractivity contribution in [2.24, 2.45) is 0 Å². The number of likely N-dealkylation sites (tertiary alicyclic amines) is 1. The Kier molecular flexibility index (Phi) is 4.44. The van der Waals surface area contributed by atoms with Crippen molar-refractivity contribution >= 4 is 11.7 Å². The molecule has 29 heavy (non-hydrogen) atoms. The first-order valence-electron chi connectivity index (χ1n) is 10.3. The topological polar surface area (TPSA) is 85.2 Å². The molecule has 1 aliphatic carbocycles. The molecule has 2 atom stereocenters. The van der Waals surface area contributed by atoms with E-state index in [2.05, 4.69) is 26.3 Å². The van der Waals surface area contributed by atoms with Gasteiger partial charge in [-0.1, -0.05) is 6.07 Å². The number of carbonyl (C=O) groups excluding carboxylic acids is 1. The minimum absolute atomic E-state index is 0.121. The van der Waals surface area contributed by atoms with E-state index in [9.17, 15) is 4.79 Å². The van der Waals surface area contributed by atoms with E-state index >= 15 is 0 Å². The number of pyridine rings is 2. The minimum Gasteiger partial charge on any atom is -0.347 e. The van der Waals surface area contributed by atoms with E-state index in [1.165, 1.54) is 0 Å². The van der Waals surface area contributed by atoms with E-state index < -0.39 is 0 Å². The lowest BCUT2D eigenvalue weighted by molar-refractivity contribution is -0.131. The predicted octanol–water partition coefficient (Wildman–Crippen LogP) is 1.81. The number of aromatic nitrogens is 2. The molecule has 2 aromatic rings. The fraction of sp³-hybridized carbons (Fsp3) is 0.455. The number of amides is 1. The third-order valence-electron chi connectivity index (χ3n) is 6.46. The average Bonchev–Trinajstić information content (AvgIpc) is 3.52. The van der Waals surface area contributed by atoms with Gasteiger partial charge < -0.3 is 9.80 Å². The zero-order valence-electron chi connectivity index (χ0n) is 16.3. The smallest absolute Gasteiger partial charge is 0.236 e. The molecule has 0 radical (unpaired) electrons. The molecule has 4 heterocycles. The summed E-state index contributed by atoms with van der Waals surface area (Å²) in [4.78, 5) is 26.2. The van der Waals surface area contributed by atoms with Crippen LogP contribution < -0.4 is 10.2 Å². The Morgan fingerprint density at radius 1 is 1.17 bits per heavy atom. The highest BCUT2D eigenvalue weighted by molar-refractivity contribution is 5.79. The van der Waals surface area contributed by atoms with Gasteiger partial charge in [-0.15, -0.1) is 0 Å². The van der Waals surface area contributed by atoms with Gasteiger partial charge >= 0.3 is 0 Å². The molecule has 3 aliphatic rings. The number of fused-ring (bicyclic) bond motifs is 2. The van der Waals surface area contributed by atoms with Crippen molar-refractivity contribution in [3.63, 3.8) is 0 Å². The SMILES string of the molecule is N#Cc1ccc(N2C3CCC2CN(C(=O)CNC2(c4ccccn4)CC2)C3)nc1. The third kappa shape index (κ3) is 3.34. The molecule has 1 amide bonds. The summed E-state index contributed by atoms with van der Waals surface area (Å²) in [7, 11) is 0. The molecule has 0 aromatic carbocycles. The first-order valence-corrected chi connectivity index (χ1v) is 10.3. The van der Waals surface area contributed by atoms with Gasteiger partial charge in [0.2, 0.25) is 5.91 Å². The molecule has 2 saturated heterocycles. The Hall–Kier alpha value is -2.98. The molecule has 2 bridgehead atoms. The quantitative estimate of drug-likeness (QED) is 0.841. The van der Waals surface area contributed by atoms with Crippen LogP contribution in [0, 0.1) is 11.3 Å². The van der Waals surface area contributed by atoms with Crippen LogP contribution in [0.3, 0.4) is 0 Å². The maximum absolute atomic E-state index is 12.9. The molecule has 2 aromatic heterocycles. The van der Waals surface area contributed by atoms with Gasteiger partial charge in [-0.05, 0) is 49.9 Å². The number of anilines is 1. The molecule has 3 fully saturated rings. The van der Waals surface area contributed by atoms with Gasteiger partial charge in [0.1, 0.15) is 11.9 Å². The summed E-state index contributed by atoms with van der Waals surface area (Å²) in [6.07, 6.45) is 7.64. The molecule has 2 unspecified atom stereocenters. The highest BCUT2D eigenvalue weighted by Crippen LogP contribution is 2.44. The first-order chi connectivity index (χ1) is 14.2. The molecule has 2 aliphatic heterocycles. The lowest BCUT2D eigenvalue weighted by Gasteiger charge is -2.42. The summed E-state index contributed by atoms with van der Waals surface area (Å²) >= 11 is 0. The molecule has 0 spiro atoms. The van der Waals surface area contributed by atoms with Crippen LogP contribution >= 0.6 is 0 Å². The number of nitrogens with zero attached hydrogens (tertiary/aromatic N) is 5. The van der Waals surface area contributed by atoms with Crippen molar-refractivity contribution in [3.05, 3.63) is 54.0 Å². The van der Waals surface area contributed by atoms with Crippen LogP contribution in [0.4, 0.5) is 5.82 Å². The molecule has 7 nitrogen and oxygen atoms in total. The van der Waals surface area contributed by atoms with E-state index in [0.717, 1.165) is 50.3 Å². The zero-order chi connectivity index (χ0) is 19.8. The van der Waals surface area contributed by atoms with Crippen molar-refractivity contribution in [2.45, 2.75) is 43.3 Å². The largest absolute Gasteiger partial charge is 0.347 e. The second-order valence-corrected chi connectivity index (χ2v) is 8.26. The van der Waals surface area contributed by atoms with E-state index in [1.54, 1.807) is 6.20 Å². The van der Waals surface area contributed by atoms with Crippen molar-refractivity contribution in [3.8, 4) is 6.07 Å². The number of carbonyl (C=O) groups is 1. The fourth-order valence-electron chi connectivity index (χ4n) is 4.74. The average molecular weight is 388 g/mol. The van der Waals surface area contributed by atoms with E-state index in [1.807, 2.05) is 41.4 Å². The van der Waals surface area contributed by atoms with Crippen LogP contribution in [0.2, 0.25) is 0 Å². The van der Waals surface area contributed by atoms with E-state index in [-0.39, 0.29) is 11.4 Å². The summed E-state index contributed by atoms with van der Waals surface area (Å²) in [5.74, 6) is 1.07. The van der Waals surface area contributed by atoms with Crippen LogP contribution in [-0.2, 0) is 10.3 Å².